The van der Waals surface area contributed by atoms with Gasteiger partial charge in [-0.1, -0.05) is 168 Å². The Labute approximate surface area is 288 Å². The minimum atomic E-state index is -4.35. The quantitative estimate of drug-likeness (QED) is 0.0371. The van der Waals surface area contributed by atoms with E-state index in [1.165, 1.54) is 116 Å². The van der Waals surface area contributed by atoms with Crippen LogP contribution in [-0.4, -0.2) is 49.3 Å². The largest absolute Gasteiger partial charge is 0.472 e. The Balaban J connectivity index is 3.93. The summed E-state index contributed by atoms with van der Waals surface area (Å²) in [7, 11) is -4.35. The molecule has 2 atom stereocenters. The predicted molar refractivity (Wildman–Crippen MR) is 192 cm³/mol. The summed E-state index contributed by atoms with van der Waals surface area (Å²) in [6.45, 7) is 3.65. The SMILES string of the molecule is CCCCCCCCCCCCCCCCCCCCCCCC(=O)OC(COC(=O)CCCCCCC)COP(=O)(O)OCCN. The number of ether oxygens (including phenoxy) is 2. The molecule has 0 fully saturated rings. The second kappa shape index (κ2) is 34.9. The Kier molecular flexibility index (Phi) is 34.1. The molecular weight excluding hydrogens is 617 g/mol. The number of carbonyl (C=O) groups is 2. The van der Waals surface area contributed by atoms with E-state index in [1.807, 2.05) is 0 Å². The van der Waals surface area contributed by atoms with E-state index in [0.717, 1.165) is 44.9 Å². The van der Waals surface area contributed by atoms with E-state index in [0.29, 0.717) is 6.42 Å². The molecule has 0 aliphatic rings. The van der Waals surface area contributed by atoms with Gasteiger partial charge < -0.3 is 20.1 Å². The van der Waals surface area contributed by atoms with Crippen LogP contribution in [0.15, 0.2) is 0 Å². The fraction of sp³-hybridized carbons (Fsp3) is 0.946. The van der Waals surface area contributed by atoms with Gasteiger partial charge in [0.2, 0.25) is 0 Å². The zero-order chi connectivity index (χ0) is 34.7. The highest BCUT2D eigenvalue weighted by Crippen LogP contribution is 2.43. The number of carbonyl (C=O) groups excluding carboxylic acids is 2. The number of unbranched alkanes of at least 4 members (excludes halogenated alkanes) is 24. The number of hydrogen-bond donors (Lipinski definition) is 2. The van der Waals surface area contributed by atoms with Crippen molar-refractivity contribution in [2.75, 3.05) is 26.4 Å². The van der Waals surface area contributed by atoms with Crippen molar-refractivity contribution >= 4 is 19.8 Å². The van der Waals surface area contributed by atoms with E-state index in [-0.39, 0.29) is 32.6 Å². The van der Waals surface area contributed by atoms with Crippen LogP contribution < -0.4 is 5.73 Å². The van der Waals surface area contributed by atoms with Gasteiger partial charge in [-0.25, -0.2) is 4.57 Å². The second-order valence-electron chi connectivity index (χ2n) is 13.2. The Morgan fingerprint density at radius 1 is 0.553 bits per heavy atom. The lowest BCUT2D eigenvalue weighted by Gasteiger charge is -2.19. The van der Waals surface area contributed by atoms with Crippen molar-refractivity contribution in [1.29, 1.82) is 0 Å². The maximum atomic E-state index is 12.5. The third-order valence-corrected chi connectivity index (χ3v) is 9.48. The van der Waals surface area contributed by atoms with Gasteiger partial charge in [0.1, 0.15) is 6.61 Å². The Morgan fingerprint density at radius 2 is 0.915 bits per heavy atom. The van der Waals surface area contributed by atoms with E-state index in [1.54, 1.807) is 0 Å². The van der Waals surface area contributed by atoms with Gasteiger partial charge in [0.15, 0.2) is 6.10 Å². The van der Waals surface area contributed by atoms with Crippen molar-refractivity contribution in [3.63, 3.8) is 0 Å². The highest BCUT2D eigenvalue weighted by Gasteiger charge is 2.25. The van der Waals surface area contributed by atoms with Crippen LogP contribution in [0.5, 0.6) is 0 Å². The summed E-state index contributed by atoms with van der Waals surface area (Å²) < 4.78 is 32.4. The lowest BCUT2D eigenvalue weighted by Crippen LogP contribution is -2.29. The highest BCUT2D eigenvalue weighted by atomic mass is 31.2. The van der Waals surface area contributed by atoms with E-state index in [2.05, 4.69) is 13.8 Å². The Hall–Kier alpha value is -0.990. The number of rotatable bonds is 37. The van der Waals surface area contributed by atoms with Crippen molar-refractivity contribution in [2.24, 2.45) is 5.73 Å². The molecule has 0 rings (SSSR count). The molecule has 0 saturated carbocycles. The van der Waals surface area contributed by atoms with Gasteiger partial charge in [0, 0.05) is 19.4 Å². The molecule has 0 aliphatic carbocycles. The highest BCUT2D eigenvalue weighted by molar-refractivity contribution is 7.47. The first-order valence-corrected chi connectivity index (χ1v) is 21.0. The van der Waals surface area contributed by atoms with Gasteiger partial charge in [-0.05, 0) is 12.8 Å². The molecular formula is C37H74NO8P. The first-order valence-electron chi connectivity index (χ1n) is 19.5. The summed E-state index contributed by atoms with van der Waals surface area (Å²) in [6, 6.07) is 0. The molecule has 47 heavy (non-hydrogen) atoms. The number of phosphoric acid groups is 1. The smallest absolute Gasteiger partial charge is 0.462 e. The lowest BCUT2D eigenvalue weighted by atomic mass is 10.0. The van der Waals surface area contributed by atoms with Crippen molar-refractivity contribution in [3.05, 3.63) is 0 Å². The molecule has 0 aromatic rings. The Morgan fingerprint density at radius 3 is 1.30 bits per heavy atom. The average molecular weight is 692 g/mol. The average Bonchev–Trinajstić information content (AvgIpc) is 3.05. The van der Waals surface area contributed by atoms with E-state index in [9.17, 15) is 19.0 Å². The number of esters is 2. The third-order valence-electron chi connectivity index (χ3n) is 8.49. The number of nitrogens with two attached hydrogens (primary N) is 1. The minimum Gasteiger partial charge on any atom is -0.462 e. The topological polar surface area (TPSA) is 134 Å². The van der Waals surface area contributed by atoms with E-state index < -0.39 is 32.5 Å². The van der Waals surface area contributed by atoms with Gasteiger partial charge in [-0.3, -0.25) is 18.6 Å². The molecule has 0 amide bonds. The summed E-state index contributed by atoms with van der Waals surface area (Å²) in [5, 5.41) is 0. The van der Waals surface area contributed by atoms with Crippen molar-refractivity contribution in [3.8, 4) is 0 Å². The van der Waals surface area contributed by atoms with Crippen LogP contribution >= 0.6 is 7.82 Å². The molecule has 0 radical (unpaired) electrons. The second-order valence-corrected chi connectivity index (χ2v) is 14.6. The van der Waals surface area contributed by atoms with Gasteiger partial charge in [-0.15, -0.1) is 0 Å². The van der Waals surface area contributed by atoms with Crippen LogP contribution in [0.4, 0.5) is 0 Å². The van der Waals surface area contributed by atoms with Crippen molar-refractivity contribution < 1.29 is 37.6 Å². The van der Waals surface area contributed by atoms with Crippen LogP contribution in [0, 0.1) is 0 Å². The summed E-state index contributed by atoms with van der Waals surface area (Å²) in [5.41, 5.74) is 5.31. The zero-order valence-corrected chi connectivity index (χ0v) is 31.4. The van der Waals surface area contributed by atoms with Gasteiger partial charge in [0.25, 0.3) is 0 Å². The van der Waals surface area contributed by atoms with Gasteiger partial charge >= 0.3 is 19.8 Å². The molecule has 3 N–H and O–H groups in total. The first-order chi connectivity index (χ1) is 22.8. The van der Waals surface area contributed by atoms with Crippen LogP contribution in [0.2, 0.25) is 0 Å². The molecule has 280 valence electrons. The normalized spacial score (nSPS) is 13.4. The summed E-state index contributed by atoms with van der Waals surface area (Å²) >= 11 is 0. The molecule has 0 bridgehead atoms. The van der Waals surface area contributed by atoms with E-state index in [4.69, 9.17) is 24.3 Å². The zero-order valence-electron chi connectivity index (χ0n) is 30.5. The van der Waals surface area contributed by atoms with Gasteiger partial charge in [0.05, 0.1) is 13.2 Å². The first kappa shape index (κ1) is 46.0. The number of phosphoric ester groups is 1. The molecule has 9 nitrogen and oxygen atoms in total. The standard InChI is InChI=1S/C37H74NO8P/c1-3-5-7-9-10-11-12-13-14-15-16-17-18-19-20-21-22-23-24-26-28-30-37(40)46-35(34-45-47(41,42)44-32-31-38)33-43-36(39)29-27-25-8-6-4-2/h35H,3-34,38H2,1-2H3,(H,41,42). The summed E-state index contributed by atoms with van der Waals surface area (Å²) in [4.78, 5) is 34.4. The van der Waals surface area contributed by atoms with Crippen LogP contribution in [-0.2, 0) is 32.7 Å². The molecule has 0 saturated heterocycles. The van der Waals surface area contributed by atoms with Gasteiger partial charge in [-0.2, -0.15) is 0 Å². The molecule has 0 aliphatic heterocycles. The van der Waals surface area contributed by atoms with Crippen LogP contribution in [0.3, 0.4) is 0 Å². The summed E-state index contributed by atoms with van der Waals surface area (Å²) in [6.07, 6.45) is 31.9. The monoisotopic (exact) mass is 692 g/mol. The maximum Gasteiger partial charge on any atom is 0.472 e. The molecule has 0 aromatic carbocycles. The fourth-order valence-electron chi connectivity index (χ4n) is 5.58. The lowest BCUT2D eigenvalue weighted by molar-refractivity contribution is -0.161. The van der Waals surface area contributed by atoms with E-state index >= 15 is 0 Å². The van der Waals surface area contributed by atoms with Crippen molar-refractivity contribution in [1.82, 2.24) is 0 Å². The Bertz CT molecular complexity index is 754. The van der Waals surface area contributed by atoms with Crippen LogP contribution in [0.25, 0.3) is 0 Å². The summed E-state index contributed by atoms with van der Waals surface area (Å²) in [5.74, 6) is -0.832. The molecule has 0 heterocycles. The van der Waals surface area contributed by atoms with Crippen molar-refractivity contribution in [2.45, 2.75) is 200 Å². The predicted octanol–water partition coefficient (Wildman–Crippen LogP) is 10.5. The molecule has 0 aromatic heterocycles. The third kappa shape index (κ3) is 34.7. The van der Waals surface area contributed by atoms with Crippen LogP contribution in [0.1, 0.15) is 194 Å². The maximum absolute atomic E-state index is 12.5. The molecule has 0 spiro atoms. The minimum absolute atomic E-state index is 0.0572. The fourth-order valence-corrected chi connectivity index (χ4v) is 6.34. The number of hydrogen-bond acceptors (Lipinski definition) is 8. The molecule has 2 unspecified atom stereocenters. The molecule has 10 heteroatoms.